The summed E-state index contributed by atoms with van der Waals surface area (Å²) in [6.07, 6.45) is 2.55. The number of halogens is 2. The maximum absolute atomic E-state index is 13.1. The van der Waals surface area contributed by atoms with E-state index in [1.165, 1.54) is 22.9 Å². The normalized spacial score (nSPS) is 17.8. The molecule has 0 saturated heterocycles. The van der Waals surface area contributed by atoms with Crippen molar-refractivity contribution in [2.45, 2.75) is 24.4 Å². The highest BCUT2D eigenvalue weighted by Gasteiger charge is 2.30. The van der Waals surface area contributed by atoms with E-state index in [2.05, 4.69) is 39.7 Å². The number of benzene rings is 2. The van der Waals surface area contributed by atoms with Crippen molar-refractivity contribution in [2.75, 3.05) is 22.6 Å². The van der Waals surface area contributed by atoms with Crippen LogP contribution in [0.15, 0.2) is 47.6 Å². The van der Waals surface area contributed by atoms with Gasteiger partial charge in [0.05, 0.1) is 27.2 Å². The molecule has 9 heteroatoms. The second-order valence-corrected chi connectivity index (χ2v) is 9.20. The van der Waals surface area contributed by atoms with Crippen LogP contribution in [0, 0.1) is 0 Å². The summed E-state index contributed by atoms with van der Waals surface area (Å²) in [6, 6.07) is 11.9. The Balaban J connectivity index is 1.39. The van der Waals surface area contributed by atoms with E-state index in [0.29, 0.717) is 44.2 Å². The highest BCUT2D eigenvalue weighted by molar-refractivity contribution is 7.99. The van der Waals surface area contributed by atoms with Gasteiger partial charge in [-0.25, -0.2) is 9.97 Å². The second-order valence-electron chi connectivity index (χ2n) is 7.45. The lowest BCUT2D eigenvalue weighted by atomic mass is 9.95. The number of nitrogens with zero attached hydrogens (tertiary/aromatic N) is 3. The highest BCUT2D eigenvalue weighted by atomic mass is 35.5. The topological polar surface area (TPSA) is 70.2 Å². The number of hydrogen-bond acceptors (Lipinski definition) is 6. The van der Waals surface area contributed by atoms with E-state index in [0.717, 1.165) is 18.7 Å². The molecule has 0 radical (unpaired) electrons. The van der Waals surface area contributed by atoms with Crippen molar-refractivity contribution in [3.8, 4) is 0 Å². The summed E-state index contributed by atoms with van der Waals surface area (Å²) in [7, 11) is 0. The molecule has 5 rings (SSSR count). The summed E-state index contributed by atoms with van der Waals surface area (Å²) in [5.74, 6) is 0.617. The Morgan fingerprint density at radius 1 is 1.23 bits per heavy atom. The summed E-state index contributed by atoms with van der Waals surface area (Å²) >= 11 is 14.0. The molecule has 3 aromatic rings. The van der Waals surface area contributed by atoms with E-state index < -0.39 is 0 Å². The van der Waals surface area contributed by atoms with Gasteiger partial charge in [0.25, 0.3) is 5.91 Å². The van der Waals surface area contributed by atoms with Gasteiger partial charge in [-0.1, -0.05) is 47.1 Å². The fourth-order valence-corrected chi connectivity index (χ4v) is 5.46. The van der Waals surface area contributed by atoms with Crippen LogP contribution in [0.25, 0.3) is 0 Å². The van der Waals surface area contributed by atoms with Crippen LogP contribution in [0.4, 0.5) is 17.3 Å². The molecule has 0 saturated carbocycles. The number of para-hydroxylation sites is 1. The third-order valence-corrected chi connectivity index (χ3v) is 7.06. The van der Waals surface area contributed by atoms with Crippen molar-refractivity contribution in [3.05, 3.63) is 69.3 Å². The first-order chi connectivity index (χ1) is 15.0. The van der Waals surface area contributed by atoms with Crippen molar-refractivity contribution in [1.82, 2.24) is 15.3 Å². The molecule has 0 spiro atoms. The number of nitrogens with one attached hydrogen (secondary N) is 2. The van der Waals surface area contributed by atoms with Crippen LogP contribution in [0.2, 0.25) is 10.0 Å². The first kappa shape index (κ1) is 20.6. The molecule has 1 amide bonds. The van der Waals surface area contributed by atoms with E-state index in [-0.39, 0.29) is 5.91 Å². The van der Waals surface area contributed by atoms with Gasteiger partial charge in [0.1, 0.15) is 5.03 Å². The zero-order valence-corrected chi connectivity index (χ0v) is 19.0. The largest absolute Gasteiger partial charge is 0.324 e. The number of amides is 1. The fourth-order valence-electron chi connectivity index (χ4n) is 3.91. The van der Waals surface area contributed by atoms with Gasteiger partial charge in [0.2, 0.25) is 5.95 Å². The monoisotopic (exact) mass is 471 g/mol. The van der Waals surface area contributed by atoms with Crippen molar-refractivity contribution >= 4 is 58.2 Å². The van der Waals surface area contributed by atoms with Crippen LogP contribution >= 0.6 is 35.0 Å². The Morgan fingerprint density at radius 2 is 2.03 bits per heavy atom. The van der Waals surface area contributed by atoms with Gasteiger partial charge in [0, 0.05) is 17.9 Å². The molecular weight excluding hydrogens is 453 g/mol. The van der Waals surface area contributed by atoms with Crippen LogP contribution in [-0.2, 0) is 6.42 Å². The molecule has 6 nitrogen and oxygen atoms in total. The van der Waals surface area contributed by atoms with Gasteiger partial charge in [-0.05, 0) is 55.3 Å². The van der Waals surface area contributed by atoms with Gasteiger partial charge in [-0.2, -0.15) is 0 Å². The first-order valence-corrected chi connectivity index (χ1v) is 11.6. The summed E-state index contributed by atoms with van der Waals surface area (Å²) in [5, 5.41) is 8.24. The van der Waals surface area contributed by atoms with Crippen LogP contribution in [-0.4, -0.2) is 28.3 Å². The predicted octanol–water partition coefficient (Wildman–Crippen LogP) is 5.44. The minimum Gasteiger partial charge on any atom is -0.324 e. The molecule has 1 unspecified atom stereocenters. The second kappa shape index (κ2) is 8.31. The Hall–Kier alpha value is -2.32. The molecule has 0 bridgehead atoms. The average Bonchev–Trinajstić information content (AvgIpc) is 2.75. The summed E-state index contributed by atoms with van der Waals surface area (Å²) in [6.45, 7) is 3.14. The SMILES string of the molecule is CC1NCCc2cc(Nc3ncc4c(n3)SCN(c3c(Cl)cccc3Cl)C4=O)ccc21. The lowest BCUT2D eigenvalue weighted by molar-refractivity contribution is 0.0985. The number of hydrogen-bond donors (Lipinski definition) is 2. The smallest absolute Gasteiger partial charge is 0.263 e. The molecule has 2 aliphatic rings. The zero-order chi connectivity index (χ0) is 21.5. The molecule has 158 valence electrons. The molecule has 0 fully saturated rings. The van der Waals surface area contributed by atoms with Gasteiger partial charge in [-0.15, -0.1) is 0 Å². The number of rotatable bonds is 3. The summed E-state index contributed by atoms with van der Waals surface area (Å²) in [5.41, 5.74) is 4.52. The Morgan fingerprint density at radius 3 is 2.84 bits per heavy atom. The summed E-state index contributed by atoms with van der Waals surface area (Å²) in [4.78, 5) is 23.6. The molecule has 2 aromatic carbocycles. The zero-order valence-electron chi connectivity index (χ0n) is 16.7. The van der Waals surface area contributed by atoms with E-state index in [4.69, 9.17) is 23.2 Å². The van der Waals surface area contributed by atoms with E-state index >= 15 is 0 Å². The number of carbonyl (C=O) groups excluding carboxylic acids is 1. The Kier molecular flexibility index (Phi) is 5.52. The van der Waals surface area contributed by atoms with E-state index in [1.807, 2.05) is 6.07 Å². The van der Waals surface area contributed by atoms with Crippen molar-refractivity contribution in [2.24, 2.45) is 0 Å². The van der Waals surface area contributed by atoms with Gasteiger partial charge >= 0.3 is 0 Å². The van der Waals surface area contributed by atoms with Crippen LogP contribution < -0.4 is 15.5 Å². The lowest BCUT2D eigenvalue weighted by Gasteiger charge is -2.28. The van der Waals surface area contributed by atoms with Gasteiger partial charge in [-0.3, -0.25) is 9.69 Å². The minimum absolute atomic E-state index is 0.217. The maximum atomic E-state index is 13.1. The molecule has 2 N–H and O–H groups in total. The third-order valence-electron chi connectivity index (χ3n) is 5.48. The minimum atomic E-state index is -0.217. The molecular formula is C22H19Cl2N5OS. The van der Waals surface area contributed by atoms with Crippen molar-refractivity contribution < 1.29 is 4.79 Å². The van der Waals surface area contributed by atoms with Crippen molar-refractivity contribution in [3.63, 3.8) is 0 Å². The first-order valence-electron chi connectivity index (χ1n) is 9.90. The van der Waals surface area contributed by atoms with Gasteiger partial charge in [0.15, 0.2) is 0 Å². The Bertz CT molecular complexity index is 1170. The number of anilines is 3. The van der Waals surface area contributed by atoms with Crippen molar-refractivity contribution in [1.29, 1.82) is 0 Å². The highest BCUT2D eigenvalue weighted by Crippen LogP contribution is 2.39. The molecule has 1 atom stereocenters. The molecule has 1 aromatic heterocycles. The number of carbonyl (C=O) groups is 1. The average molecular weight is 472 g/mol. The van der Waals surface area contributed by atoms with Gasteiger partial charge < -0.3 is 10.6 Å². The molecule has 3 heterocycles. The van der Waals surface area contributed by atoms with Crippen LogP contribution in [0.1, 0.15) is 34.5 Å². The maximum Gasteiger partial charge on any atom is 0.263 e. The lowest BCUT2D eigenvalue weighted by Crippen LogP contribution is -2.35. The van der Waals surface area contributed by atoms with Crippen LogP contribution in [0.5, 0.6) is 0 Å². The molecule has 2 aliphatic heterocycles. The number of thioether (sulfide) groups is 1. The predicted molar refractivity (Wildman–Crippen MR) is 126 cm³/mol. The fraction of sp³-hybridized carbons (Fsp3) is 0.227. The Labute approximate surface area is 194 Å². The standard InChI is InChI=1S/C22H19Cl2N5OS/c1-12-15-6-5-14(9-13(15)7-8-25-12)27-22-26-10-16-20(28-22)31-11-29(21(16)30)19-17(23)3-2-4-18(19)24/h2-6,9-10,12,25H,7-8,11H2,1H3,(H,26,27,28). The summed E-state index contributed by atoms with van der Waals surface area (Å²) < 4.78 is 0. The molecule has 31 heavy (non-hydrogen) atoms. The van der Waals surface area contributed by atoms with E-state index in [9.17, 15) is 4.79 Å². The number of aromatic nitrogens is 2. The molecule has 0 aliphatic carbocycles. The third kappa shape index (κ3) is 3.87. The number of fused-ring (bicyclic) bond motifs is 2. The van der Waals surface area contributed by atoms with E-state index in [1.54, 1.807) is 29.3 Å². The van der Waals surface area contributed by atoms with Crippen LogP contribution in [0.3, 0.4) is 0 Å². The quantitative estimate of drug-likeness (QED) is 0.495.